The van der Waals surface area contributed by atoms with E-state index in [1.165, 1.54) is 0 Å². The lowest BCUT2D eigenvalue weighted by molar-refractivity contribution is 0.826. The van der Waals surface area contributed by atoms with Crippen molar-refractivity contribution in [3.63, 3.8) is 0 Å². The van der Waals surface area contributed by atoms with E-state index in [1.54, 1.807) is 6.21 Å². The third kappa shape index (κ3) is 0.819. The third-order valence-electron chi connectivity index (χ3n) is 1.68. The van der Waals surface area contributed by atoms with E-state index >= 15 is 0 Å². The number of nitriles is 1. The summed E-state index contributed by atoms with van der Waals surface area (Å²) >= 11 is 0. The van der Waals surface area contributed by atoms with Crippen LogP contribution in [0.2, 0.25) is 0 Å². The fraction of sp³-hybridized carbons (Fsp3) is 0.286. The van der Waals surface area contributed by atoms with Crippen LogP contribution >= 0.6 is 0 Å². The van der Waals surface area contributed by atoms with Crippen LogP contribution in [-0.4, -0.2) is 18.7 Å². The molecule has 4 heteroatoms. The first-order chi connectivity index (χ1) is 5.42. The fourth-order valence-electron chi connectivity index (χ4n) is 1.15. The lowest BCUT2D eigenvalue weighted by atomic mass is 10.1. The number of allylic oxidation sites excluding steroid dienone is 1. The van der Waals surface area contributed by atoms with Crippen LogP contribution in [0.25, 0.3) is 0 Å². The minimum atomic E-state index is 0.471. The molecule has 4 nitrogen and oxygen atoms in total. The number of hydrogen-bond acceptors (Lipinski definition) is 4. The molecule has 0 atom stereocenters. The van der Waals surface area contributed by atoms with Gasteiger partial charge in [0.05, 0.1) is 0 Å². The molecule has 2 aliphatic heterocycles. The zero-order valence-corrected chi connectivity index (χ0v) is 5.83. The van der Waals surface area contributed by atoms with Crippen molar-refractivity contribution >= 4 is 12.1 Å². The van der Waals surface area contributed by atoms with Gasteiger partial charge in [-0.25, -0.2) is 9.98 Å². The average molecular weight is 146 g/mol. The first kappa shape index (κ1) is 6.10. The summed E-state index contributed by atoms with van der Waals surface area (Å²) < 4.78 is 0. The topological polar surface area (TPSA) is 60.5 Å². The Kier molecular flexibility index (Phi) is 1.22. The van der Waals surface area contributed by atoms with Gasteiger partial charge in [0.2, 0.25) is 0 Å². The molecule has 0 saturated carbocycles. The van der Waals surface area contributed by atoms with Crippen molar-refractivity contribution in [2.45, 2.75) is 6.42 Å². The number of nitrogens with one attached hydrogen (secondary N) is 1. The molecule has 0 aliphatic carbocycles. The third-order valence-corrected chi connectivity index (χ3v) is 1.68. The number of rotatable bonds is 0. The Morgan fingerprint density at radius 3 is 3.36 bits per heavy atom. The monoisotopic (exact) mass is 146 g/mol. The summed E-state index contributed by atoms with van der Waals surface area (Å²) in [5.41, 5.74) is 1.55. The van der Waals surface area contributed by atoms with Crippen LogP contribution in [0.3, 0.4) is 0 Å². The zero-order chi connectivity index (χ0) is 7.68. The highest BCUT2D eigenvalue weighted by atomic mass is 15.1. The SMILES string of the molecule is N#CC1=C2CC=NC2=NCN1. The molecular weight excluding hydrogens is 140 g/mol. The molecule has 0 amide bonds. The summed E-state index contributed by atoms with van der Waals surface area (Å²) in [5.74, 6) is 0.723. The Bertz CT molecular complexity index is 316. The van der Waals surface area contributed by atoms with Crippen LogP contribution in [0.4, 0.5) is 0 Å². The quantitative estimate of drug-likeness (QED) is 0.530. The smallest absolute Gasteiger partial charge is 0.155 e. The molecular formula is C7H6N4. The molecule has 0 aromatic carbocycles. The minimum Gasteiger partial charge on any atom is -0.357 e. The highest BCUT2D eigenvalue weighted by Gasteiger charge is 2.18. The number of nitrogens with zero attached hydrogens (tertiary/aromatic N) is 3. The largest absolute Gasteiger partial charge is 0.357 e. The average Bonchev–Trinajstić information content (AvgIpc) is 2.50. The summed E-state index contributed by atoms with van der Waals surface area (Å²) in [4.78, 5) is 8.12. The molecule has 0 unspecified atom stereocenters. The van der Waals surface area contributed by atoms with Gasteiger partial charge in [-0.3, -0.25) is 0 Å². The van der Waals surface area contributed by atoms with Gasteiger partial charge in [0.25, 0.3) is 0 Å². The summed E-state index contributed by atoms with van der Waals surface area (Å²) in [5, 5.41) is 11.5. The second kappa shape index (κ2) is 2.20. The first-order valence-electron chi connectivity index (χ1n) is 3.36. The number of fused-ring (bicyclic) bond motifs is 1. The molecule has 1 N–H and O–H groups in total. The lowest BCUT2D eigenvalue weighted by Gasteiger charge is -2.10. The van der Waals surface area contributed by atoms with E-state index in [1.807, 2.05) is 0 Å². The van der Waals surface area contributed by atoms with Crippen LogP contribution in [0.15, 0.2) is 21.3 Å². The predicted molar refractivity (Wildman–Crippen MR) is 41.2 cm³/mol. The summed E-state index contributed by atoms with van der Waals surface area (Å²) in [6, 6.07) is 2.08. The van der Waals surface area contributed by atoms with Gasteiger partial charge < -0.3 is 5.32 Å². The molecule has 0 aromatic rings. The van der Waals surface area contributed by atoms with Gasteiger partial charge in [-0.05, 0) is 0 Å². The normalized spacial score (nSPS) is 20.5. The van der Waals surface area contributed by atoms with Gasteiger partial charge in [-0.1, -0.05) is 0 Å². The van der Waals surface area contributed by atoms with Gasteiger partial charge in [0.1, 0.15) is 18.4 Å². The van der Waals surface area contributed by atoms with Crippen LogP contribution < -0.4 is 5.32 Å². The van der Waals surface area contributed by atoms with Crippen molar-refractivity contribution in [3.05, 3.63) is 11.3 Å². The molecule has 0 radical (unpaired) electrons. The van der Waals surface area contributed by atoms with Crippen LogP contribution in [0.5, 0.6) is 0 Å². The molecule has 54 valence electrons. The van der Waals surface area contributed by atoms with Gasteiger partial charge in [0.15, 0.2) is 5.84 Å². The van der Waals surface area contributed by atoms with E-state index in [0.29, 0.717) is 12.4 Å². The summed E-state index contributed by atoms with van der Waals surface area (Å²) in [7, 11) is 0. The van der Waals surface area contributed by atoms with Gasteiger partial charge in [-0.2, -0.15) is 5.26 Å². The van der Waals surface area contributed by atoms with E-state index in [2.05, 4.69) is 21.4 Å². The van der Waals surface area contributed by atoms with E-state index in [9.17, 15) is 0 Å². The maximum atomic E-state index is 8.66. The van der Waals surface area contributed by atoms with Crippen molar-refractivity contribution in [1.29, 1.82) is 5.26 Å². The van der Waals surface area contributed by atoms with Crippen molar-refractivity contribution < 1.29 is 0 Å². The van der Waals surface area contributed by atoms with E-state index in [0.717, 1.165) is 17.8 Å². The van der Waals surface area contributed by atoms with Crippen molar-refractivity contribution in [1.82, 2.24) is 5.32 Å². The maximum absolute atomic E-state index is 8.66. The van der Waals surface area contributed by atoms with E-state index < -0.39 is 0 Å². The summed E-state index contributed by atoms with van der Waals surface area (Å²) in [6.07, 6.45) is 2.51. The van der Waals surface area contributed by atoms with E-state index in [-0.39, 0.29) is 0 Å². The highest BCUT2D eigenvalue weighted by Crippen LogP contribution is 2.16. The van der Waals surface area contributed by atoms with Gasteiger partial charge in [0, 0.05) is 18.2 Å². The zero-order valence-electron chi connectivity index (χ0n) is 5.83. The van der Waals surface area contributed by atoms with Crippen LogP contribution in [-0.2, 0) is 0 Å². The molecule has 0 aromatic heterocycles. The van der Waals surface area contributed by atoms with Crippen molar-refractivity contribution in [3.8, 4) is 6.07 Å². The molecule has 2 aliphatic rings. The Morgan fingerprint density at radius 1 is 1.64 bits per heavy atom. The van der Waals surface area contributed by atoms with Crippen LogP contribution in [0.1, 0.15) is 6.42 Å². The standard InChI is InChI=1S/C7H6N4/c8-3-6-5-1-2-9-7(5)11-4-10-6/h2,10H,1,4H2. The predicted octanol–water partition coefficient (Wildman–Crippen LogP) is 0.198. The Balaban J connectivity index is 2.47. The van der Waals surface area contributed by atoms with Crippen molar-refractivity contribution in [2.75, 3.05) is 6.67 Å². The van der Waals surface area contributed by atoms with E-state index in [4.69, 9.17) is 5.26 Å². The molecule has 0 fully saturated rings. The second-order valence-electron chi connectivity index (χ2n) is 2.30. The molecule has 0 bridgehead atoms. The molecule has 11 heavy (non-hydrogen) atoms. The molecule has 2 heterocycles. The fourth-order valence-corrected chi connectivity index (χ4v) is 1.15. The number of hydrogen-bond donors (Lipinski definition) is 1. The first-order valence-corrected chi connectivity index (χ1v) is 3.36. The molecule has 0 saturated heterocycles. The molecule has 0 spiro atoms. The lowest BCUT2D eigenvalue weighted by Crippen LogP contribution is -2.21. The number of amidine groups is 1. The minimum absolute atomic E-state index is 0.471. The second-order valence-corrected chi connectivity index (χ2v) is 2.30. The Morgan fingerprint density at radius 2 is 2.55 bits per heavy atom. The Hall–Kier alpha value is -1.63. The van der Waals surface area contributed by atoms with Crippen LogP contribution in [0, 0.1) is 11.3 Å². The highest BCUT2D eigenvalue weighted by molar-refractivity contribution is 6.10. The Labute approximate surface area is 64.0 Å². The number of aliphatic imine (C=N–C) groups is 2. The van der Waals surface area contributed by atoms with Gasteiger partial charge >= 0.3 is 0 Å². The molecule has 2 rings (SSSR count). The maximum Gasteiger partial charge on any atom is 0.155 e. The van der Waals surface area contributed by atoms with Crippen molar-refractivity contribution in [2.24, 2.45) is 9.98 Å². The van der Waals surface area contributed by atoms with Gasteiger partial charge in [-0.15, -0.1) is 0 Å². The summed E-state index contributed by atoms with van der Waals surface area (Å²) in [6.45, 7) is 0.471.